The van der Waals surface area contributed by atoms with Gasteiger partial charge in [0.1, 0.15) is 0 Å². The maximum absolute atomic E-state index is 13.7. The summed E-state index contributed by atoms with van der Waals surface area (Å²) in [6.07, 6.45) is 3.31. The lowest BCUT2D eigenvalue weighted by Crippen LogP contribution is -2.52. The van der Waals surface area contributed by atoms with E-state index in [1.165, 1.54) is 24.1 Å². The summed E-state index contributed by atoms with van der Waals surface area (Å²) in [5.74, 6) is -0.486. The molecule has 2 N–H and O–H groups in total. The molecule has 0 saturated heterocycles. The number of methoxy groups -OCH3 is 1. The molecule has 6 heteroatoms. The number of nitrogens with zero attached hydrogens (tertiary/aromatic N) is 1. The Hall–Kier alpha value is -1.33. The van der Waals surface area contributed by atoms with Crippen LogP contribution in [0.15, 0.2) is 18.2 Å². The van der Waals surface area contributed by atoms with Gasteiger partial charge in [0.15, 0.2) is 11.6 Å². The third-order valence-corrected chi connectivity index (χ3v) is 3.75. The SMILES string of the molecule is COc1ccc(N(C)C(=O)C2(N)CCCC2)cc1F.Cl. The maximum Gasteiger partial charge on any atom is 0.246 e. The van der Waals surface area contributed by atoms with E-state index in [9.17, 15) is 9.18 Å². The Labute approximate surface area is 124 Å². The van der Waals surface area contributed by atoms with E-state index < -0.39 is 11.4 Å². The normalized spacial score (nSPS) is 16.4. The molecular weight excluding hydrogens is 283 g/mol. The first-order valence-electron chi connectivity index (χ1n) is 6.38. The molecule has 0 atom stereocenters. The van der Waals surface area contributed by atoms with Crippen molar-refractivity contribution in [3.63, 3.8) is 0 Å². The number of carbonyl (C=O) groups is 1. The van der Waals surface area contributed by atoms with Crippen LogP contribution in [0.1, 0.15) is 25.7 Å². The number of ether oxygens (including phenoxy) is 1. The molecule has 1 aliphatic carbocycles. The highest BCUT2D eigenvalue weighted by atomic mass is 35.5. The fourth-order valence-corrected chi connectivity index (χ4v) is 2.53. The van der Waals surface area contributed by atoms with Gasteiger partial charge in [-0.05, 0) is 25.0 Å². The molecule has 1 aliphatic rings. The van der Waals surface area contributed by atoms with Gasteiger partial charge in [0, 0.05) is 18.8 Å². The predicted molar refractivity (Wildman–Crippen MR) is 79.0 cm³/mol. The summed E-state index contributed by atoms with van der Waals surface area (Å²) in [7, 11) is 3.02. The molecule has 1 saturated carbocycles. The van der Waals surface area contributed by atoms with E-state index in [2.05, 4.69) is 0 Å². The van der Waals surface area contributed by atoms with Crippen LogP contribution < -0.4 is 15.4 Å². The quantitative estimate of drug-likeness (QED) is 0.933. The van der Waals surface area contributed by atoms with Gasteiger partial charge in [-0.15, -0.1) is 12.4 Å². The van der Waals surface area contributed by atoms with Gasteiger partial charge in [-0.2, -0.15) is 0 Å². The number of anilines is 1. The number of carbonyl (C=O) groups excluding carboxylic acids is 1. The van der Waals surface area contributed by atoms with Crippen LogP contribution in [-0.2, 0) is 4.79 Å². The molecule has 0 aromatic heterocycles. The summed E-state index contributed by atoms with van der Waals surface area (Å²) in [6.45, 7) is 0. The first-order valence-corrected chi connectivity index (χ1v) is 6.38. The second-order valence-electron chi connectivity index (χ2n) is 5.05. The standard InChI is InChI=1S/C14H19FN2O2.ClH/c1-17(13(18)14(16)7-3-4-8-14)10-5-6-12(19-2)11(15)9-10;/h5-6,9H,3-4,7-8,16H2,1-2H3;1H. The number of rotatable bonds is 3. The van der Waals surface area contributed by atoms with Gasteiger partial charge in [0.05, 0.1) is 12.6 Å². The molecule has 1 fully saturated rings. The van der Waals surface area contributed by atoms with Gasteiger partial charge in [0.25, 0.3) is 0 Å². The second-order valence-corrected chi connectivity index (χ2v) is 5.05. The van der Waals surface area contributed by atoms with Crippen LogP contribution in [0.5, 0.6) is 5.75 Å². The number of nitrogens with two attached hydrogens (primary N) is 1. The third kappa shape index (κ3) is 3.04. The lowest BCUT2D eigenvalue weighted by Gasteiger charge is -2.28. The zero-order valence-corrected chi connectivity index (χ0v) is 12.5. The maximum atomic E-state index is 13.7. The second kappa shape index (κ2) is 6.41. The summed E-state index contributed by atoms with van der Waals surface area (Å²) in [6, 6.07) is 4.44. The van der Waals surface area contributed by atoms with E-state index in [0.29, 0.717) is 18.5 Å². The fraction of sp³-hybridized carbons (Fsp3) is 0.500. The van der Waals surface area contributed by atoms with Crippen molar-refractivity contribution in [2.75, 3.05) is 19.1 Å². The molecule has 1 amide bonds. The smallest absolute Gasteiger partial charge is 0.246 e. The minimum atomic E-state index is -0.800. The van der Waals surface area contributed by atoms with Crippen LogP contribution in [0.2, 0.25) is 0 Å². The van der Waals surface area contributed by atoms with Crippen LogP contribution in [0.4, 0.5) is 10.1 Å². The molecule has 0 radical (unpaired) electrons. The van der Waals surface area contributed by atoms with E-state index in [1.807, 2.05) is 0 Å². The van der Waals surface area contributed by atoms with Crippen molar-refractivity contribution >= 4 is 24.0 Å². The van der Waals surface area contributed by atoms with Crippen LogP contribution in [-0.4, -0.2) is 25.6 Å². The molecule has 0 heterocycles. The van der Waals surface area contributed by atoms with Gasteiger partial charge >= 0.3 is 0 Å². The van der Waals surface area contributed by atoms with Crippen molar-refractivity contribution in [3.05, 3.63) is 24.0 Å². The Morgan fingerprint density at radius 2 is 2.00 bits per heavy atom. The summed E-state index contributed by atoms with van der Waals surface area (Å²) < 4.78 is 18.5. The molecule has 0 aliphatic heterocycles. The molecule has 20 heavy (non-hydrogen) atoms. The highest BCUT2D eigenvalue weighted by Gasteiger charge is 2.39. The highest BCUT2D eigenvalue weighted by molar-refractivity contribution is 5.99. The summed E-state index contributed by atoms with van der Waals surface area (Å²) in [4.78, 5) is 13.8. The molecular formula is C14H20ClFN2O2. The average Bonchev–Trinajstić information content (AvgIpc) is 2.85. The molecule has 112 valence electrons. The van der Waals surface area contributed by atoms with Gasteiger partial charge in [-0.1, -0.05) is 12.8 Å². The van der Waals surface area contributed by atoms with E-state index >= 15 is 0 Å². The molecule has 0 spiro atoms. The van der Waals surface area contributed by atoms with Gasteiger partial charge in [-0.25, -0.2) is 4.39 Å². The Balaban J connectivity index is 0.00000200. The monoisotopic (exact) mass is 302 g/mol. The van der Waals surface area contributed by atoms with Crippen molar-refractivity contribution in [2.24, 2.45) is 5.73 Å². The largest absolute Gasteiger partial charge is 0.494 e. The zero-order chi connectivity index (χ0) is 14.0. The number of hydrogen-bond acceptors (Lipinski definition) is 3. The number of amides is 1. The number of halogens is 2. The lowest BCUT2D eigenvalue weighted by molar-refractivity contribution is -0.123. The van der Waals surface area contributed by atoms with Gasteiger partial charge in [0.2, 0.25) is 5.91 Å². The minimum Gasteiger partial charge on any atom is -0.494 e. The van der Waals surface area contributed by atoms with Crippen LogP contribution in [0, 0.1) is 5.82 Å². The molecule has 0 bridgehead atoms. The topological polar surface area (TPSA) is 55.6 Å². The Morgan fingerprint density at radius 3 is 2.50 bits per heavy atom. The van der Waals surface area contributed by atoms with E-state index in [-0.39, 0.29) is 24.1 Å². The third-order valence-electron chi connectivity index (χ3n) is 3.75. The molecule has 2 rings (SSSR count). The van der Waals surface area contributed by atoms with Crippen molar-refractivity contribution in [1.82, 2.24) is 0 Å². The van der Waals surface area contributed by atoms with Gasteiger partial charge in [-0.3, -0.25) is 4.79 Å². The van der Waals surface area contributed by atoms with Gasteiger partial charge < -0.3 is 15.4 Å². The Morgan fingerprint density at radius 1 is 1.40 bits per heavy atom. The van der Waals surface area contributed by atoms with Crippen molar-refractivity contribution in [1.29, 1.82) is 0 Å². The number of hydrogen-bond donors (Lipinski definition) is 1. The first kappa shape index (κ1) is 16.7. The highest BCUT2D eigenvalue weighted by Crippen LogP contribution is 2.31. The van der Waals surface area contributed by atoms with Crippen molar-refractivity contribution in [2.45, 2.75) is 31.2 Å². The summed E-state index contributed by atoms with van der Waals surface area (Å²) >= 11 is 0. The molecule has 1 aromatic carbocycles. The van der Waals surface area contributed by atoms with Crippen LogP contribution >= 0.6 is 12.4 Å². The summed E-state index contributed by atoms with van der Waals surface area (Å²) in [5, 5.41) is 0. The molecule has 0 unspecified atom stereocenters. The summed E-state index contributed by atoms with van der Waals surface area (Å²) in [5.41, 5.74) is 5.81. The fourth-order valence-electron chi connectivity index (χ4n) is 2.53. The zero-order valence-electron chi connectivity index (χ0n) is 11.7. The molecule has 4 nitrogen and oxygen atoms in total. The number of benzene rings is 1. The Bertz CT molecular complexity index is 490. The first-order chi connectivity index (χ1) is 8.98. The van der Waals surface area contributed by atoms with E-state index in [0.717, 1.165) is 12.8 Å². The van der Waals surface area contributed by atoms with Crippen molar-refractivity contribution in [3.8, 4) is 5.75 Å². The van der Waals surface area contributed by atoms with Crippen LogP contribution in [0.3, 0.4) is 0 Å². The average molecular weight is 303 g/mol. The van der Waals surface area contributed by atoms with Crippen molar-refractivity contribution < 1.29 is 13.9 Å². The lowest BCUT2D eigenvalue weighted by atomic mass is 9.97. The predicted octanol–water partition coefficient (Wildman–Crippen LogP) is 2.49. The van der Waals surface area contributed by atoms with Crippen LogP contribution in [0.25, 0.3) is 0 Å². The molecule has 1 aromatic rings. The minimum absolute atomic E-state index is 0. The number of likely N-dealkylation sites (N-methyl/N-ethyl adjacent to an activating group) is 1. The van der Waals surface area contributed by atoms with E-state index in [1.54, 1.807) is 13.1 Å². The van der Waals surface area contributed by atoms with E-state index in [4.69, 9.17) is 10.5 Å². The Kier molecular flexibility index (Phi) is 5.36.